The number of hydrogen-bond acceptors (Lipinski definition) is 3. The summed E-state index contributed by atoms with van der Waals surface area (Å²) in [5, 5.41) is 0.436. The van der Waals surface area contributed by atoms with Gasteiger partial charge < -0.3 is 4.74 Å². The lowest BCUT2D eigenvalue weighted by Crippen LogP contribution is -2.17. The van der Waals surface area contributed by atoms with Crippen molar-refractivity contribution >= 4 is 11.6 Å². The molecule has 0 aliphatic heterocycles. The van der Waals surface area contributed by atoms with Crippen LogP contribution in [0.5, 0.6) is 11.6 Å². The number of rotatable bonds is 2. The maximum absolute atomic E-state index is 6.16. The van der Waals surface area contributed by atoms with Crippen molar-refractivity contribution in [2.24, 2.45) is 0 Å². The van der Waals surface area contributed by atoms with Crippen molar-refractivity contribution in [3.63, 3.8) is 0 Å². The van der Waals surface area contributed by atoms with Gasteiger partial charge >= 0.3 is 0 Å². The van der Waals surface area contributed by atoms with Crippen molar-refractivity contribution in [1.82, 2.24) is 9.97 Å². The van der Waals surface area contributed by atoms with E-state index < -0.39 is 0 Å². The van der Waals surface area contributed by atoms with Gasteiger partial charge in [-0.2, -0.15) is 4.98 Å². The van der Waals surface area contributed by atoms with Crippen LogP contribution in [-0.4, -0.2) is 9.97 Å². The van der Waals surface area contributed by atoms with E-state index in [1.54, 1.807) is 0 Å². The molecule has 1 heterocycles. The molecule has 1 aromatic carbocycles. The summed E-state index contributed by atoms with van der Waals surface area (Å²) in [4.78, 5) is 8.80. The second-order valence-electron chi connectivity index (χ2n) is 5.43. The molecule has 0 radical (unpaired) electrons. The molecule has 19 heavy (non-hydrogen) atoms. The highest BCUT2D eigenvalue weighted by Crippen LogP contribution is 2.30. The lowest BCUT2D eigenvalue weighted by molar-refractivity contribution is 0.442. The monoisotopic (exact) mass is 276 g/mol. The first-order valence-electron chi connectivity index (χ1n) is 6.15. The van der Waals surface area contributed by atoms with Gasteiger partial charge in [-0.05, 0) is 19.1 Å². The Morgan fingerprint density at radius 1 is 1.05 bits per heavy atom. The Bertz CT molecular complexity index is 577. The summed E-state index contributed by atoms with van der Waals surface area (Å²) in [6.07, 6.45) is 0. The first-order valence-corrected chi connectivity index (χ1v) is 6.53. The number of halogens is 1. The molecule has 0 spiro atoms. The van der Waals surface area contributed by atoms with E-state index in [-0.39, 0.29) is 5.41 Å². The Labute approximate surface area is 118 Å². The summed E-state index contributed by atoms with van der Waals surface area (Å²) in [6.45, 7) is 7.98. The van der Waals surface area contributed by atoms with E-state index in [9.17, 15) is 0 Å². The van der Waals surface area contributed by atoms with Gasteiger partial charge in [0, 0.05) is 11.0 Å². The van der Waals surface area contributed by atoms with Crippen molar-refractivity contribution in [2.75, 3.05) is 0 Å². The van der Waals surface area contributed by atoms with Crippen LogP contribution in [0.2, 0.25) is 5.15 Å². The molecule has 0 unspecified atom stereocenters. The Balaban J connectivity index is 2.42. The highest BCUT2D eigenvalue weighted by atomic mass is 35.5. The molecule has 0 aliphatic rings. The van der Waals surface area contributed by atoms with E-state index in [4.69, 9.17) is 16.3 Å². The van der Waals surface area contributed by atoms with Gasteiger partial charge in [0.25, 0.3) is 0 Å². The first-order chi connectivity index (χ1) is 8.88. The van der Waals surface area contributed by atoms with Gasteiger partial charge in [-0.25, -0.2) is 4.98 Å². The van der Waals surface area contributed by atoms with Crippen molar-refractivity contribution < 1.29 is 4.74 Å². The third-order valence-electron chi connectivity index (χ3n) is 2.67. The second kappa shape index (κ2) is 5.17. The van der Waals surface area contributed by atoms with Gasteiger partial charge in [0.2, 0.25) is 5.88 Å². The lowest BCUT2D eigenvalue weighted by atomic mass is 9.96. The molecule has 1 aromatic heterocycles. The zero-order valence-electron chi connectivity index (χ0n) is 11.6. The largest absolute Gasteiger partial charge is 0.439 e. The van der Waals surface area contributed by atoms with Gasteiger partial charge in [-0.1, -0.05) is 50.6 Å². The summed E-state index contributed by atoms with van der Waals surface area (Å²) in [5.74, 6) is 1.92. The number of nitrogens with zero attached hydrogens (tertiary/aromatic N) is 2. The van der Waals surface area contributed by atoms with E-state index in [0.29, 0.717) is 16.9 Å². The average Bonchev–Trinajstić information content (AvgIpc) is 2.34. The van der Waals surface area contributed by atoms with Crippen LogP contribution in [0.4, 0.5) is 0 Å². The zero-order chi connectivity index (χ0) is 14.0. The first kappa shape index (κ1) is 13.8. The second-order valence-corrected chi connectivity index (χ2v) is 5.79. The molecule has 0 saturated carbocycles. The topological polar surface area (TPSA) is 35.0 Å². The summed E-state index contributed by atoms with van der Waals surface area (Å²) < 4.78 is 5.79. The molecule has 100 valence electrons. The van der Waals surface area contributed by atoms with Crippen molar-refractivity contribution in [1.29, 1.82) is 0 Å². The predicted octanol–water partition coefficient (Wildman–Crippen LogP) is 4.53. The van der Waals surface area contributed by atoms with Crippen LogP contribution in [0.1, 0.15) is 32.2 Å². The Kier molecular flexibility index (Phi) is 3.76. The molecular formula is C15H17ClN2O. The quantitative estimate of drug-likeness (QED) is 0.756. The molecular weight excluding hydrogens is 260 g/mol. The highest BCUT2D eigenvalue weighted by molar-refractivity contribution is 6.30. The Hall–Kier alpha value is -1.61. The van der Waals surface area contributed by atoms with E-state index >= 15 is 0 Å². The minimum absolute atomic E-state index is 0.174. The number of para-hydroxylation sites is 1. The standard InChI is InChI=1S/C15H17ClN2O/c1-10-12(16)17-14(15(2,3)4)18-13(10)19-11-8-6-5-7-9-11/h5-9H,1-4H3. The minimum atomic E-state index is -0.174. The maximum atomic E-state index is 6.16. The van der Waals surface area contributed by atoms with Crippen LogP contribution in [0.15, 0.2) is 30.3 Å². The molecule has 3 nitrogen and oxygen atoms in total. The number of aromatic nitrogens is 2. The van der Waals surface area contributed by atoms with Crippen molar-refractivity contribution in [3.8, 4) is 11.6 Å². The molecule has 2 rings (SSSR count). The van der Waals surface area contributed by atoms with Crippen LogP contribution >= 0.6 is 11.6 Å². The van der Waals surface area contributed by atoms with Gasteiger partial charge in [0.1, 0.15) is 16.7 Å². The summed E-state index contributed by atoms with van der Waals surface area (Å²) >= 11 is 6.16. The van der Waals surface area contributed by atoms with Crippen molar-refractivity contribution in [3.05, 3.63) is 46.9 Å². The summed E-state index contributed by atoms with van der Waals surface area (Å²) in [6, 6.07) is 9.53. The molecule has 0 N–H and O–H groups in total. The molecule has 2 aromatic rings. The van der Waals surface area contributed by atoms with Crippen LogP contribution < -0.4 is 4.74 Å². The van der Waals surface area contributed by atoms with Gasteiger partial charge in [0.15, 0.2) is 0 Å². The fraction of sp³-hybridized carbons (Fsp3) is 0.333. The molecule has 0 amide bonds. The summed E-state index contributed by atoms with van der Waals surface area (Å²) in [5.41, 5.74) is 0.574. The molecule has 0 saturated heterocycles. The van der Waals surface area contributed by atoms with Gasteiger partial charge in [-0.3, -0.25) is 0 Å². The number of ether oxygens (including phenoxy) is 1. The van der Waals surface area contributed by atoms with Gasteiger partial charge in [0.05, 0.1) is 0 Å². The zero-order valence-corrected chi connectivity index (χ0v) is 12.3. The Morgan fingerprint density at radius 2 is 1.68 bits per heavy atom. The van der Waals surface area contributed by atoms with Gasteiger partial charge in [-0.15, -0.1) is 0 Å². The van der Waals surface area contributed by atoms with E-state index in [2.05, 4.69) is 9.97 Å². The fourth-order valence-electron chi connectivity index (χ4n) is 1.51. The maximum Gasteiger partial charge on any atom is 0.227 e. The van der Waals surface area contributed by atoms with Crippen LogP contribution in [0.3, 0.4) is 0 Å². The highest BCUT2D eigenvalue weighted by Gasteiger charge is 2.21. The number of hydrogen-bond donors (Lipinski definition) is 0. The molecule has 0 aliphatic carbocycles. The van der Waals surface area contributed by atoms with Crippen molar-refractivity contribution in [2.45, 2.75) is 33.1 Å². The average molecular weight is 277 g/mol. The van der Waals surface area contributed by atoms with Crippen LogP contribution in [0.25, 0.3) is 0 Å². The predicted molar refractivity (Wildman–Crippen MR) is 77.0 cm³/mol. The third-order valence-corrected chi connectivity index (χ3v) is 3.04. The third kappa shape index (κ3) is 3.24. The van der Waals surface area contributed by atoms with E-state index in [1.807, 2.05) is 58.0 Å². The SMILES string of the molecule is Cc1c(Cl)nc(C(C)(C)C)nc1Oc1ccccc1. The number of benzene rings is 1. The molecule has 4 heteroatoms. The Morgan fingerprint density at radius 3 is 2.26 bits per heavy atom. The molecule has 0 bridgehead atoms. The normalized spacial score (nSPS) is 11.4. The molecule has 0 fully saturated rings. The molecule has 0 atom stereocenters. The fourth-order valence-corrected chi connectivity index (χ4v) is 1.67. The van der Waals surface area contributed by atoms with Crippen LogP contribution in [0, 0.1) is 6.92 Å². The summed E-state index contributed by atoms with van der Waals surface area (Å²) in [7, 11) is 0. The lowest BCUT2D eigenvalue weighted by Gasteiger charge is -2.18. The smallest absolute Gasteiger partial charge is 0.227 e. The van der Waals surface area contributed by atoms with E-state index in [0.717, 1.165) is 11.3 Å². The van der Waals surface area contributed by atoms with Crippen LogP contribution in [-0.2, 0) is 5.41 Å². The van der Waals surface area contributed by atoms with E-state index in [1.165, 1.54) is 0 Å². The minimum Gasteiger partial charge on any atom is -0.439 e.